The normalized spacial score (nSPS) is 14.6. The van der Waals surface area contributed by atoms with Gasteiger partial charge in [0.2, 0.25) is 5.91 Å². The van der Waals surface area contributed by atoms with Crippen LogP contribution in [0.5, 0.6) is 0 Å². The molecule has 0 aliphatic rings. The number of nitrogens with one attached hydrogen (secondary N) is 1. The fourth-order valence-electron chi connectivity index (χ4n) is 8.19. The summed E-state index contributed by atoms with van der Waals surface area (Å²) in [4.78, 5) is 25.4. The van der Waals surface area contributed by atoms with E-state index in [0.29, 0.717) is 17.4 Å². The first-order valence-corrected chi connectivity index (χ1v) is 31.1. The molecule has 0 rings (SSSR count). The second kappa shape index (κ2) is 53.3. The summed E-state index contributed by atoms with van der Waals surface area (Å²) < 4.78 is 23.2. The molecule has 0 aliphatic carbocycles. The lowest BCUT2D eigenvalue weighted by Crippen LogP contribution is -2.45. The van der Waals surface area contributed by atoms with E-state index in [9.17, 15) is 19.4 Å². The third-order valence-electron chi connectivity index (χ3n) is 12.8. The van der Waals surface area contributed by atoms with Gasteiger partial charge in [-0.05, 0) is 77.0 Å². The van der Waals surface area contributed by atoms with Crippen molar-refractivity contribution in [3.63, 3.8) is 0 Å². The molecule has 0 spiro atoms. The van der Waals surface area contributed by atoms with E-state index in [4.69, 9.17) is 9.05 Å². The van der Waals surface area contributed by atoms with E-state index in [-0.39, 0.29) is 19.1 Å². The summed E-state index contributed by atoms with van der Waals surface area (Å²) >= 11 is 0. The highest BCUT2D eigenvalue weighted by Gasteiger charge is 2.23. The average molecular weight is 1030 g/mol. The van der Waals surface area contributed by atoms with Gasteiger partial charge in [0.25, 0.3) is 7.82 Å². The highest BCUT2D eigenvalue weighted by Crippen LogP contribution is 2.38. The number of carbonyl (C=O) groups is 1. The van der Waals surface area contributed by atoms with Crippen molar-refractivity contribution in [1.82, 2.24) is 5.32 Å². The maximum atomic E-state index is 12.9. The molecule has 0 saturated carbocycles. The first-order valence-electron chi connectivity index (χ1n) is 29.6. The number of rotatable bonds is 53. The van der Waals surface area contributed by atoms with E-state index in [1.54, 1.807) is 6.08 Å². The van der Waals surface area contributed by atoms with Crippen LogP contribution in [0.1, 0.15) is 245 Å². The van der Waals surface area contributed by atoms with Crippen LogP contribution >= 0.6 is 7.82 Å². The maximum Gasteiger partial charge on any atom is 0.268 e. The van der Waals surface area contributed by atoms with Crippen molar-refractivity contribution in [2.24, 2.45) is 0 Å². The number of carbonyl (C=O) groups excluding carboxylic acids is 1. The molecule has 0 fully saturated rings. The smallest absolute Gasteiger partial charge is 0.268 e. The minimum Gasteiger partial charge on any atom is -0.756 e. The molecule has 0 aliphatic heterocycles. The highest BCUT2D eigenvalue weighted by molar-refractivity contribution is 7.45. The average Bonchev–Trinajstić information content (AvgIpc) is 3.34. The Balaban J connectivity index is 3.86. The number of phosphoric ester groups is 1. The Morgan fingerprint density at radius 3 is 1.24 bits per heavy atom. The van der Waals surface area contributed by atoms with Crippen molar-refractivity contribution in [3.8, 4) is 0 Å². The zero-order valence-corrected chi connectivity index (χ0v) is 48.2. The second-order valence-corrected chi connectivity index (χ2v) is 22.4. The number of nitrogens with zero attached hydrogens (tertiary/aromatic N) is 1. The topological polar surface area (TPSA) is 108 Å². The predicted octanol–water partition coefficient (Wildman–Crippen LogP) is 17.6. The lowest BCUT2D eigenvalue weighted by Gasteiger charge is -2.29. The summed E-state index contributed by atoms with van der Waals surface area (Å²) in [5.74, 6) is -0.200. The van der Waals surface area contributed by atoms with Crippen LogP contribution in [0.2, 0.25) is 0 Å². The van der Waals surface area contributed by atoms with Crippen LogP contribution in [0.3, 0.4) is 0 Å². The molecule has 0 aromatic heterocycles. The first-order chi connectivity index (χ1) is 35.0. The van der Waals surface area contributed by atoms with E-state index in [1.165, 1.54) is 141 Å². The van der Waals surface area contributed by atoms with Gasteiger partial charge in [-0.1, -0.05) is 259 Å². The largest absolute Gasteiger partial charge is 0.756 e. The van der Waals surface area contributed by atoms with Gasteiger partial charge in [0, 0.05) is 6.42 Å². The fourth-order valence-corrected chi connectivity index (χ4v) is 8.92. The Morgan fingerprint density at radius 2 is 0.847 bits per heavy atom. The predicted molar refractivity (Wildman–Crippen MR) is 311 cm³/mol. The molecule has 3 unspecified atom stereocenters. The van der Waals surface area contributed by atoms with Crippen LogP contribution in [0, 0.1) is 0 Å². The summed E-state index contributed by atoms with van der Waals surface area (Å²) in [6.45, 7) is 4.50. The minimum absolute atomic E-state index is 0.00283. The third-order valence-corrected chi connectivity index (χ3v) is 13.8. The number of phosphoric acid groups is 1. The molecule has 0 heterocycles. The van der Waals surface area contributed by atoms with Gasteiger partial charge >= 0.3 is 0 Å². The van der Waals surface area contributed by atoms with Crippen LogP contribution in [0.15, 0.2) is 97.2 Å². The zero-order valence-electron chi connectivity index (χ0n) is 47.4. The maximum absolute atomic E-state index is 12.9. The molecule has 0 radical (unpaired) electrons. The molecule has 72 heavy (non-hydrogen) atoms. The van der Waals surface area contributed by atoms with Crippen molar-refractivity contribution in [2.45, 2.75) is 257 Å². The number of aliphatic hydroxyl groups is 1. The van der Waals surface area contributed by atoms with Gasteiger partial charge < -0.3 is 28.8 Å². The van der Waals surface area contributed by atoms with Gasteiger partial charge in [0.05, 0.1) is 39.9 Å². The number of allylic oxidation sites excluding steroid dienone is 15. The Kier molecular flexibility index (Phi) is 51.3. The van der Waals surface area contributed by atoms with Crippen molar-refractivity contribution in [1.29, 1.82) is 0 Å². The van der Waals surface area contributed by atoms with Gasteiger partial charge in [-0.15, -0.1) is 0 Å². The zero-order chi connectivity index (χ0) is 52.7. The van der Waals surface area contributed by atoms with Crippen LogP contribution in [-0.4, -0.2) is 68.5 Å². The molecule has 2 N–H and O–H groups in total. The van der Waals surface area contributed by atoms with Gasteiger partial charge in [0.1, 0.15) is 13.2 Å². The number of hydrogen-bond donors (Lipinski definition) is 2. The summed E-state index contributed by atoms with van der Waals surface area (Å²) in [5.41, 5.74) is 0. The van der Waals surface area contributed by atoms with E-state index in [0.717, 1.165) is 83.5 Å². The van der Waals surface area contributed by atoms with Crippen LogP contribution in [0.4, 0.5) is 0 Å². The molecule has 0 bridgehead atoms. The van der Waals surface area contributed by atoms with Crippen molar-refractivity contribution in [2.75, 3.05) is 40.9 Å². The fraction of sp³-hybridized carbons (Fsp3) is 0.730. The van der Waals surface area contributed by atoms with Gasteiger partial charge in [-0.2, -0.15) is 0 Å². The highest BCUT2D eigenvalue weighted by atomic mass is 31.2. The lowest BCUT2D eigenvalue weighted by atomic mass is 10.0. The summed E-state index contributed by atoms with van der Waals surface area (Å²) in [5, 5.41) is 13.8. The number of amides is 1. The quantitative estimate of drug-likeness (QED) is 0.0272. The van der Waals surface area contributed by atoms with E-state index < -0.39 is 20.0 Å². The molecule has 1 amide bonds. The SMILES string of the molecule is CC/C=C\C/C=C\C/C=C\C/C=C\C/C=C\C/C=C\C/C=C\CCCCCCCCCCCCCCCCCCCCCC(=O)NC(COP(=O)([O-])OCC[N+](C)(C)C)C(O)/C=C/CCCCCCCCC. The molecular formula is C63H113N2O6P. The lowest BCUT2D eigenvalue weighted by molar-refractivity contribution is -0.870. The second-order valence-electron chi connectivity index (χ2n) is 21.0. The van der Waals surface area contributed by atoms with E-state index >= 15 is 0 Å². The number of aliphatic hydroxyl groups excluding tert-OH is 1. The standard InChI is InChI=1S/C63H113N2O6P/c1-6-8-10-12-14-16-17-18-19-20-21-22-23-24-25-26-27-28-29-30-31-32-33-34-35-36-37-38-39-40-41-42-43-44-45-46-47-49-51-53-55-57-63(67)64-61(60-71-72(68,69)70-59-58-65(3,4)5)62(66)56-54-52-50-48-15-13-11-9-7-2/h8,10,14,16,18-19,21-22,24-25,27-28,30-31,54,56,61-62,66H,6-7,9,11-13,15,17,20,23,26,29,32-53,55,57-60H2,1-5H3,(H-,64,67,68,69)/b10-8-,16-14-,19-18-,22-21-,25-24-,28-27-,31-30-,56-54+. The summed E-state index contributed by atoms with van der Waals surface area (Å²) in [7, 11) is 1.26. The molecule has 9 heteroatoms. The van der Waals surface area contributed by atoms with E-state index in [2.05, 4.69) is 104 Å². The van der Waals surface area contributed by atoms with Crippen LogP contribution < -0.4 is 10.2 Å². The van der Waals surface area contributed by atoms with Gasteiger partial charge in [0.15, 0.2) is 0 Å². The molecule has 0 aromatic carbocycles. The molecule has 8 nitrogen and oxygen atoms in total. The molecule has 0 aromatic rings. The van der Waals surface area contributed by atoms with Gasteiger partial charge in [-0.3, -0.25) is 9.36 Å². The van der Waals surface area contributed by atoms with Crippen LogP contribution in [0.25, 0.3) is 0 Å². The minimum atomic E-state index is -4.59. The Bertz CT molecular complexity index is 1490. The van der Waals surface area contributed by atoms with Crippen molar-refractivity contribution in [3.05, 3.63) is 97.2 Å². The van der Waals surface area contributed by atoms with Crippen molar-refractivity contribution >= 4 is 13.7 Å². The van der Waals surface area contributed by atoms with Crippen molar-refractivity contribution < 1.29 is 32.9 Å². The molecule has 0 saturated heterocycles. The number of likely N-dealkylation sites (N-methyl/N-ethyl adjacent to an activating group) is 1. The number of hydrogen-bond acceptors (Lipinski definition) is 6. The molecular weight excluding hydrogens is 912 g/mol. The Labute approximate surface area is 445 Å². The van der Waals surface area contributed by atoms with Crippen LogP contribution in [-0.2, 0) is 18.4 Å². The molecule has 416 valence electrons. The third kappa shape index (κ3) is 55.2. The van der Waals surface area contributed by atoms with E-state index in [1.807, 2.05) is 27.2 Å². The number of quaternary nitrogens is 1. The Morgan fingerprint density at radius 1 is 0.500 bits per heavy atom. The summed E-state index contributed by atoms with van der Waals surface area (Å²) in [6, 6.07) is -0.886. The first kappa shape index (κ1) is 69.4. The number of unbranched alkanes of at least 4 members (excludes halogenated alkanes) is 26. The molecule has 3 atom stereocenters. The summed E-state index contributed by atoms with van der Waals surface area (Å²) in [6.07, 6.45) is 76.6. The monoisotopic (exact) mass is 1020 g/mol. The Hall–Kier alpha value is -2.58. The van der Waals surface area contributed by atoms with Gasteiger partial charge in [-0.25, -0.2) is 0 Å².